The molecule has 23 heavy (non-hydrogen) atoms. The number of hydrogen-bond acceptors (Lipinski definition) is 5. The number of aliphatic hydroxyl groups is 2. The van der Waals surface area contributed by atoms with Crippen molar-refractivity contribution in [1.29, 1.82) is 0 Å². The van der Waals surface area contributed by atoms with E-state index in [0.29, 0.717) is 25.2 Å². The molecule has 0 aliphatic carbocycles. The van der Waals surface area contributed by atoms with E-state index >= 15 is 0 Å². The summed E-state index contributed by atoms with van der Waals surface area (Å²) >= 11 is 0. The molecule has 0 saturated carbocycles. The lowest BCUT2D eigenvalue weighted by Crippen LogP contribution is -2.37. The van der Waals surface area contributed by atoms with Crippen molar-refractivity contribution in [3.05, 3.63) is 29.8 Å². The van der Waals surface area contributed by atoms with Crippen LogP contribution in [-0.4, -0.2) is 64.9 Å². The molecule has 1 aromatic carbocycles. The summed E-state index contributed by atoms with van der Waals surface area (Å²) < 4.78 is 0. The van der Waals surface area contributed by atoms with Gasteiger partial charge in [-0.25, -0.2) is 0 Å². The monoisotopic (exact) mass is 346 g/mol. The predicted octanol–water partition coefficient (Wildman–Crippen LogP) is 0.351. The van der Waals surface area contributed by atoms with E-state index in [4.69, 9.17) is 15.3 Å². The van der Waals surface area contributed by atoms with Crippen molar-refractivity contribution in [3.8, 4) is 0 Å². The molecule has 0 bridgehead atoms. The first-order valence-corrected chi connectivity index (χ1v) is 7.10. The second-order valence-electron chi connectivity index (χ2n) is 4.86. The Labute approximate surface area is 141 Å². The summed E-state index contributed by atoms with van der Waals surface area (Å²) in [6, 6.07) is 6.99. The van der Waals surface area contributed by atoms with Crippen molar-refractivity contribution in [2.24, 2.45) is 0 Å². The van der Waals surface area contributed by atoms with Crippen molar-refractivity contribution >= 4 is 30.0 Å². The summed E-state index contributed by atoms with van der Waals surface area (Å²) in [6.45, 7) is 0.573. The number of benzene rings is 1. The van der Waals surface area contributed by atoms with E-state index in [1.54, 1.807) is 29.2 Å². The second kappa shape index (κ2) is 11.8. The summed E-state index contributed by atoms with van der Waals surface area (Å²) in [7, 11) is 0. The number of nitrogens with one attached hydrogen (secondary N) is 1. The minimum absolute atomic E-state index is 0. The van der Waals surface area contributed by atoms with Crippen LogP contribution in [0, 0.1) is 0 Å². The van der Waals surface area contributed by atoms with Crippen LogP contribution in [-0.2, 0) is 16.0 Å². The van der Waals surface area contributed by atoms with E-state index < -0.39 is 5.97 Å². The van der Waals surface area contributed by atoms with E-state index in [0.717, 1.165) is 5.56 Å². The van der Waals surface area contributed by atoms with Crippen molar-refractivity contribution in [2.45, 2.75) is 12.8 Å². The van der Waals surface area contributed by atoms with E-state index in [1.807, 2.05) is 0 Å². The molecule has 130 valence electrons. The number of aliphatic carboxylic acids is 1. The lowest BCUT2D eigenvalue weighted by atomic mass is 10.1. The smallest absolute Gasteiger partial charge is 0.303 e. The molecule has 0 aliphatic heterocycles. The first-order chi connectivity index (χ1) is 10.5. The van der Waals surface area contributed by atoms with Crippen LogP contribution < -0.4 is 5.32 Å². The van der Waals surface area contributed by atoms with Gasteiger partial charge in [0.1, 0.15) is 0 Å². The van der Waals surface area contributed by atoms with E-state index in [1.165, 1.54) is 0 Å². The SMILES string of the molecule is Cl.O=C(O)CCc1ccc(NC(=O)CN(CCO)CCO)cc1. The van der Waals surface area contributed by atoms with Crippen LogP contribution >= 0.6 is 12.4 Å². The zero-order valence-corrected chi connectivity index (χ0v) is 13.6. The average molecular weight is 347 g/mol. The highest BCUT2D eigenvalue weighted by atomic mass is 35.5. The Morgan fingerprint density at radius 3 is 2.09 bits per heavy atom. The molecular formula is C15H23ClN2O5. The molecule has 7 nitrogen and oxygen atoms in total. The van der Waals surface area contributed by atoms with Gasteiger partial charge < -0.3 is 20.6 Å². The summed E-state index contributed by atoms with van der Waals surface area (Å²) in [5.74, 6) is -1.08. The van der Waals surface area contributed by atoms with Gasteiger partial charge in [0.25, 0.3) is 0 Å². The highest BCUT2D eigenvalue weighted by Gasteiger charge is 2.10. The number of anilines is 1. The number of nitrogens with zero attached hydrogens (tertiary/aromatic N) is 1. The Morgan fingerprint density at radius 2 is 1.61 bits per heavy atom. The Hall–Kier alpha value is -1.67. The van der Waals surface area contributed by atoms with Gasteiger partial charge in [-0.05, 0) is 24.1 Å². The quantitative estimate of drug-likeness (QED) is 0.486. The average Bonchev–Trinajstić information content (AvgIpc) is 2.47. The summed E-state index contributed by atoms with van der Waals surface area (Å²) in [4.78, 5) is 24.0. The zero-order valence-electron chi connectivity index (χ0n) is 12.8. The zero-order chi connectivity index (χ0) is 16.4. The van der Waals surface area contributed by atoms with E-state index in [-0.39, 0.29) is 44.5 Å². The number of hydrogen-bond donors (Lipinski definition) is 4. The molecule has 0 radical (unpaired) electrons. The predicted molar refractivity (Wildman–Crippen MR) is 88.9 cm³/mol. The van der Waals surface area contributed by atoms with E-state index in [9.17, 15) is 9.59 Å². The minimum atomic E-state index is -0.842. The van der Waals surface area contributed by atoms with Crippen LogP contribution in [0.1, 0.15) is 12.0 Å². The van der Waals surface area contributed by atoms with Crippen LogP contribution in [0.15, 0.2) is 24.3 Å². The number of carbonyl (C=O) groups is 2. The molecule has 0 spiro atoms. The molecule has 0 fully saturated rings. The third kappa shape index (κ3) is 9.14. The molecular weight excluding hydrogens is 324 g/mol. The number of carboxylic acids is 1. The lowest BCUT2D eigenvalue weighted by molar-refractivity contribution is -0.137. The van der Waals surface area contributed by atoms with Gasteiger partial charge >= 0.3 is 5.97 Å². The fraction of sp³-hybridized carbons (Fsp3) is 0.467. The largest absolute Gasteiger partial charge is 0.481 e. The maximum Gasteiger partial charge on any atom is 0.303 e. The van der Waals surface area contributed by atoms with Gasteiger partial charge in [0.2, 0.25) is 5.91 Å². The molecule has 0 aromatic heterocycles. The number of rotatable bonds is 10. The summed E-state index contributed by atoms with van der Waals surface area (Å²) in [6.07, 6.45) is 0.521. The molecule has 0 aliphatic rings. The maximum absolute atomic E-state index is 11.9. The second-order valence-corrected chi connectivity index (χ2v) is 4.86. The maximum atomic E-state index is 11.9. The minimum Gasteiger partial charge on any atom is -0.481 e. The Morgan fingerprint density at radius 1 is 1.04 bits per heavy atom. The third-order valence-electron chi connectivity index (χ3n) is 3.06. The molecule has 0 saturated heterocycles. The van der Waals surface area contributed by atoms with Crippen molar-refractivity contribution < 1.29 is 24.9 Å². The van der Waals surface area contributed by atoms with Crippen LogP contribution in [0.5, 0.6) is 0 Å². The van der Waals surface area contributed by atoms with Crippen LogP contribution in [0.4, 0.5) is 5.69 Å². The molecule has 0 unspecified atom stereocenters. The summed E-state index contributed by atoms with van der Waals surface area (Å²) in [5, 5.41) is 29.1. The topological polar surface area (TPSA) is 110 Å². The molecule has 0 atom stereocenters. The number of aryl methyl sites for hydroxylation is 1. The van der Waals surface area contributed by atoms with Crippen LogP contribution in [0.25, 0.3) is 0 Å². The number of amides is 1. The lowest BCUT2D eigenvalue weighted by Gasteiger charge is -2.19. The van der Waals surface area contributed by atoms with Gasteiger partial charge in [-0.15, -0.1) is 12.4 Å². The highest BCUT2D eigenvalue weighted by molar-refractivity contribution is 5.92. The molecule has 1 aromatic rings. The third-order valence-corrected chi connectivity index (χ3v) is 3.06. The van der Waals surface area contributed by atoms with Crippen molar-refractivity contribution in [2.75, 3.05) is 38.2 Å². The molecule has 0 heterocycles. The van der Waals surface area contributed by atoms with Crippen LogP contribution in [0.2, 0.25) is 0 Å². The first kappa shape index (κ1) is 21.3. The number of halogens is 1. The van der Waals surface area contributed by atoms with Gasteiger partial charge in [-0.1, -0.05) is 12.1 Å². The number of carboxylic acid groups (broad SMARTS) is 1. The van der Waals surface area contributed by atoms with Crippen molar-refractivity contribution in [1.82, 2.24) is 4.90 Å². The fourth-order valence-corrected chi connectivity index (χ4v) is 1.96. The van der Waals surface area contributed by atoms with Gasteiger partial charge in [0.05, 0.1) is 19.8 Å². The Bertz CT molecular complexity index is 475. The van der Waals surface area contributed by atoms with Gasteiger partial charge in [-0.2, -0.15) is 0 Å². The molecule has 1 rings (SSSR count). The highest BCUT2D eigenvalue weighted by Crippen LogP contribution is 2.11. The Balaban J connectivity index is 0.00000484. The van der Waals surface area contributed by atoms with Crippen LogP contribution in [0.3, 0.4) is 0 Å². The molecule has 4 N–H and O–H groups in total. The van der Waals surface area contributed by atoms with Gasteiger partial charge in [0, 0.05) is 25.2 Å². The van der Waals surface area contributed by atoms with Gasteiger partial charge in [-0.3, -0.25) is 14.5 Å². The first-order valence-electron chi connectivity index (χ1n) is 7.10. The summed E-state index contributed by atoms with van der Waals surface area (Å²) in [5.41, 5.74) is 1.51. The standard InChI is InChI=1S/C15H22N2O5.ClH/c18-9-7-17(8-10-19)11-14(20)16-13-4-1-12(2-5-13)3-6-15(21)22;/h1-2,4-5,18-19H,3,6-11H2,(H,16,20)(H,21,22);1H. The fourth-order valence-electron chi connectivity index (χ4n) is 1.96. The van der Waals surface area contributed by atoms with Gasteiger partial charge in [0.15, 0.2) is 0 Å². The van der Waals surface area contributed by atoms with E-state index in [2.05, 4.69) is 5.32 Å². The van der Waals surface area contributed by atoms with Crippen molar-refractivity contribution in [3.63, 3.8) is 0 Å². The normalized spacial score (nSPS) is 10.2. The Kier molecular flexibility index (Phi) is 11.0. The number of carbonyl (C=O) groups excluding carboxylic acids is 1. The molecule has 1 amide bonds. The molecule has 8 heteroatoms. The number of aliphatic hydroxyl groups excluding tert-OH is 2.